The van der Waals surface area contributed by atoms with Crippen molar-refractivity contribution in [3.63, 3.8) is 0 Å². The SMILES string of the molecule is O=C(O)CCCCSCc1ccc(Cl)cc1. The number of carbonyl (C=O) groups is 1. The number of hydrogen-bond acceptors (Lipinski definition) is 2. The first-order chi connectivity index (χ1) is 7.68. The van der Waals surface area contributed by atoms with Gasteiger partial charge in [0.2, 0.25) is 0 Å². The first-order valence-electron chi connectivity index (χ1n) is 5.22. The molecular weight excluding hydrogens is 244 g/mol. The number of thioether (sulfide) groups is 1. The largest absolute Gasteiger partial charge is 0.481 e. The Morgan fingerprint density at radius 3 is 2.56 bits per heavy atom. The Labute approximate surface area is 105 Å². The van der Waals surface area contributed by atoms with E-state index in [0.717, 1.165) is 29.4 Å². The summed E-state index contributed by atoms with van der Waals surface area (Å²) in [5.74, 6) is 1.27. The Morgan fingerprint density at radius 1 is 1.25 bits per heavy atom. The van der Waals surface area contributed by atoms with Crippen LogP contribution in [0.25, 0.3) is 0 Å². The standard InChI is InChI=1S/C12H15ClO2S/c13-11-6-4-10(5-7-11)9-16-8-2-1-3-12(14)15/h4-7H,1-3,8-9H2,(H,14,15). The molecule has 1 N–H and O–H groups in total. The van der Waals surface area contributed by atoms with Gasteiger partial charge in [-0.1, -0.05) is 23.7 Å². The van der Waals surface area contributed by atoms with Crippen molar-refractivity contribution in [2.45, 2.75) is 25.0 Å². The van der Waals surface area contributed by atoms with Crippen molar-refractivity contribution in [2.24, 2.45) is 0 Å². The van der Waals surface area contributed by atoms with Gasteiger partial charge in [-0.25, -0.2) is 0 Å². The third kappa shape index (κ3) is 6.03. The van der Waals surface area contributed by atoms with Crippen LogP contribution < -0.4 is 0 Å². The van der Waals surface area contributed by atoms with Crippen LogP contribution in [0, 0.1) is 0 Å². The second-order valence-electron chi connectivity index (χ2n) is 3.53. The van der Waals surface area contributed by atoms with E-state index in [1.54, 1.807) is 0 Å². The first kappa shape index (κ1) is 13.4. The zero-order valence-corrected chi connectivity index (χ0v) is 10.6. The lowest BCUT2D eigenvalue weighted by Gasteiger charge is -2.01. The number of carboxylic acid groups (broad SMARTS) is 1. The summed E-state index contributed by atoms with van der Waals surface area (Å²) in [4.78, 5) is 10.3. The van der Waals surface area contributed by atoms with Crippen LogP contribution in [0.15, 0.2) is 24.3 Å². The van der Waals surface area contributed by atoms with Gasteiger partial charge in [-0.05, 0) is 36.3 Å². The number of rotatable bonds is 7. The van der Waals surface area contributed by atoms with Gasteiger partial charge in [-0.15, -0.1) is 0 Å². The molecule has 1 aromatic carbocycles. The van der Waals surface area contributed by atoms with Crippen LogP contribution in [0.4, 0.5) is 0 Å². The van der Waals surface area contributed by atoms with Crippen LogP contribution >= 0.6 is 23.4 Å². The molecule has 1 rings (SSSR count). The third-order valence-electron chi connectivity index (χ3n) is 2.11. The van der Waals surface area contributed by atoms with E-state index in [2.05, 4.69) is 0 Å². The molecule has 0 saturated heterocycles. The average molecular weight is 259 g/mol. The second-order valence-corrected chi connectivity index (χ2v) is 5.07. The van der Waals surface area contributed by atoms with E-state index < -0.39 is 5.97 Å². The van der Waals surface area contributed by atoms with E-state index >= 15 is 0 Å². The fourth-order valence-electron chi connectivity index (χ4n) is 1.25. The molecule has 0 atom stereocenters. The summed E-state index contributed by atoms with van der Waals surface area (Å²) in [6.07, 6.45) is 2.01. The van der Waals surface area contributed by atoms with Crippen LogP contribution in [0.1, 0.15) is 24.8 Å². The van der Waals surface area contributed by atoms with Gasteiger partial charge in [0.05, 0.1) is 0 Å². The summed E-state index contributed by atoms with van der Waals surface area (Å²) in [5, 5.41) is 9.21. The summed E-state index contributed by atoms with van der Waals surface area (Å²) < 4.78 is 0. The number of unbranched alkanes of at least 4 members (excludes halogenated alkanes) is 1. The van der Waals surface area contributed by atoms with Gasteiger partial charge in [0, 0.05) is 17.2 Å². The van der Waals surface area contributed by atoms with Crippen LogP contribution in [0.5, 0.6) is 0 Å². The molecule has 4 heteroatoms. The Morgan fingerprint density at radius 2 is 1.94 bits per heavy atom. The number of halogens is 1. The van der Waals surface area contributed by atoms with E-state index in [4.69, 9.17) is 16.7 Å². The predicted molar refractivity (Wildman–Crippen MR) is 69.1 cm³/mol. The number of benzene rings is 1. The van der Waals surface area contributed by atoms with Crippen LogP contribution in [-0.2, 0) is 10.5 Å². The fraction of sp³-hybridized carbons (Fsp3) is 0.417. The van der Waals surface area contributed by atoms with Crippen molar-refractivity contribution in [3.05, 3.63) is 34.9 Å². The molecule has 0 bridgehead atoms. The molecule has 0 radical (unpaired) electrons. The molecule has 0 aliphatic carbocycles. The Kier molecular flexibility index (Phi) is 6.34. The zero-order chi connectivity index (χ0) is 11.8. The van der Waals surface area contributed by atoms with E-state index in [1.165, 1.54) is 5.56 Å². The quantitative estimate of drug-likeness (QED) is 0.756. The maximum Gasteiger partial charge on any atom is 0.303 e. The van der Waals surface area contributed by atoms with Crippen molar-refractivity contribution in [2.75, 3.05) is 5.75 Å². The smallest absolute Gasteiger partial charge is 0.303 e. The van der Waals surface area contributed by atoms with Gasteiger partial charge in [-0.2, -0.15) is 11.8 Å². The van der Waals surface area contributed by atoms with Gasteiger partial charge >= 0.3 is 5.97 Å². The maximum atomic E-state index is 10.3. The minimum absolute atomic E-state index is 0.279. The number of hydrogen-bond donors (Lipinski definition) is 1. The summed E-state index contributed by atoms with van der Waals surface area (Å²) in [6.45, 7) is 0. The lowest BCUT2D eigenvalue weighted by Crippen LogP contribution is -1.94. The minimum atomic E-state index is -0.706. The van der Waals surface area contributed by atoms with E-state index in [1.807, 2.05) is 36.0 Å². The highest BCUT2D eigenvalue weighted by Gasteiger charge is 1.97. The normalized spacial score (nSPS) is 10.3. The Hall–Kier alpha value is -0.670. The Bertz CT molecular complexity index is 324. The maximum absolute atomic E-state index is 10.3. The topological polar surface area (TPSA) is 37.3 Å². The Balaban J connectivity index is 2.07. The lowest BCUT2D eigenvalue weighted by molar-refractivity contribution is -0.137. The average Bonchev–Trinajstić information content (AvgIpc) is 2.25. The molecule has 0 amide bonds. The fourth-order valence-corrected chi connectivity index (χ4v) is 2.36. The molecule has 0 saturated carbocycles. The summed E-state index contributed by atoms with van der Waals surface area (Å²) in [7, 11) is 0. The van der Waals surface area contributed by atoms with Crippen LogP contribution in [0.2, 0.25) is 5.02 Å². The molecule has 88 valence electrons. The molecule has 0 aliphatic rings. The second kappa shape index (κ2) is 7.58. The summed E-state index contributed by atoms with van der Waals surface area (Å²) in [6, 6.07) is 7.82. The van der Waals surface area contributed by atoms with Gasteiger partial charge in [0.15, 0.2) is 0 Å². The molecule has 16 heavy (non-hydrogen) atoms. The molecule has 1 aromatic rings. The molecular formula is C12H15ClO2S. The van der Waals surface area contributed by atoms with Gasteiger partial charge < -0.3 is 5.11 Å². The van der Waals surface area contributed by atoms with E-state index in [9.17, 15) is 4.79 Å². The van der Waals surface area contributed by atoms with Crippen molar-refractivity contribution in [1.29, 1.82) is 0 Å². The molecule has 2 nitrogen and oxygen atoms in total. The number of aliphatic carboxylic acids is 1. The summed E-state index contributed by atoms with van der Waals surface area (Å²) >= 11 is 7.61. The predicted octanol–water partition coefficient (Wildman–Crippen LogP) is 3.83. The van der Waals surface area contributed by atoms with Crippen molar-refractivity contribution >= 4 is 29.3 Å². The van der Waals surface area contributed by atoms with Gasteiger partial charge in [0.25, 0.3) is 0 Å². The van der Waals surface area contributed by atoms with E-state index in [0.29, 0.717) is 0 Å². The van der Waals surface area contributed by atoms with Gasteiger partial charge in [0.1, 0.15) is 0 Å². The molecule has 0 fully saturated rings. The van der Waals surface area contributed by atoms with E-state index in [-0.39, 0.29) is 6.42 Å². The summed E-state index contributed by atoms with van der Waals surface area (Å²) in [5.41, 5.74) is 1.26. The molecule has 0 aliphatic heterocycles. The van der Waals surface area contributed by atoms with Crippen molar-refractivity contribution in [3.8, 4) is 0 Å². The highest BCUT2D eigenvalue weighted by molar-refractivity contribution is 7.98. The van der Waals surface area contributed by atoms with Gasteiger partial charge in [-0.3, -0.25) is 4.79 Å². The van der Waals surface area contributed by atoms with Crippen LogP contribution in [-0.4, -0.2) is 16.8 Å². The first-order valence-corrected chi connectivity index (χ1v) is 6.76. The third-order valence-corrected chi connectivity index (χ3v) is 3.48. The lowest BCUT2D eigenvalue weighted by atomic mass is 10.2. The molecule has 0 unspecified atom stereocenters. The molecule has 0 spiro atoms. The van der Waals surface area contributed by atoms with Crippen molar-refractivity contribution < 1.29 is 9.90 Å². The highest BCUT2D eigenvalue weighted by Crippen LogP contribution is 2.16. The van der Waals surface area contributed by atoms with Crippen molar-refractivity contribution in [1.82, 2.24) is 0 Å². The highest BCUT2D eigenvalue weighted by atomic mass is 35.5. The molecule has 0 aromatic heterocycles. The minimum Gasteiger partial charge on any atom is -0.481 e. The molecule has 0 heterocycles. The monoisotopic (exact) mass is 258 g/mol. The zero-order valence-electron chi connectivity index (χ0n) is 8.99. The van der Waals surface area contributed by atoms with Crippen LogP contribution in [0.3, 0.4) is 0 Å². The number of carboxylic acids is 1.